The third-order valence-corrected chi connectivity index (χ3v) is 3.99. The fraction of sp³-hybridized carbons (Fsp3) is 0.200. The van der Waals surface area contributed by atoms with Gasteiger partial charge in [0.2, 0.25) is 0 Å². The minimum atomic E-state index is 0. The summed E-state index contributed by atoms with van der Waals surface area (Å²) >= 11 is 0. The maximum absolute atomic E-state index is 4.86. The number of hydrogen-bond donors (Lipinski definition) is 0. The van der Waals surface area contributed by atoms with Gasteiger partial charge in [0.05, 0.1) is 5.69 Å². The Morgan fingerprint density at radius 2 is 1.50 bits per heavy atom. The van der Waals surface area contributed by atoms with Crippen molar-refractivity contribution < 1.29 is 17.1 Å². The first-order valence-corrected chi connectivity index (χ1v) is 7.79. The summed E-state index contributed by atoms with van der Waals surface area (Å²) in [7, 11) is 1.81. The Morgan fingerprint density at radius 1 is 0.833 bits per heavy atom. The molecular formula is C20H20CuN3. The molecule has 0 aliphatic rings. The average Bonchev–Trinajstić information content (AvgIpc) is 2.61. The van der Waals surface area contributed by atoms with Gasteiger partial charge in [-0.2, -0.15) is 0 Å². The predicted octanol–water partition coefficient (Wildman–Crippen LogP) is 5.24. The van der Waals surface area contributed by atoms with E-state index in [1.165, 1.54) is 0 Å². The van der Waals surface area contributed by atoms with Crippen LogP contribution in [-0.2, 0) is 17.1 Å². The summed E-state index contributed by atoms with van der Waals surface area (Å²) in [4.78, 5) is 9.48. The smallest absolute Gasteiger partial charge is 0.686 e. The topological polar surface area (TPSA) is 39.9 Å². The Bertz CT molecular complexity index is 817. The molecule has 3 nitrogen and oxygen atoms in total. The molecule has 126 valence electrons. The van der Waals surface area contributed by atoms with Gasteiger partial charge in [0, 0.05) is 23.0 Å². The number of aryl methyl sites for hydroxylation is 1. The van der Waals surface area contributed by atoms with Crippen LogP contribution >= 0.6 is 0 Å². The van der Waals surface area contributed by atoms with Crippen molar-refractivity contribution in [1.29, 1.82) is 0 Å². The summed E-state index contributed by atoms with van der Waals surface area (Å²) < 4.78 is 0. The first-order chi connectivity index (χ1) is 11.2. The van der Waals surface area contributed by atoms with Crippen LogP contribution in [-0.4, -0.2) is 17.0 Å². The van der Waals surface area contributed by atoms with Crippen LogP contribution in [0.4, 0.5) is 5.69 Å². The van der Waals surface area contributed by atoms with Crippen molar-refractivity contribution in [3.05, 3.63) is 83.1 Å². The number of hydrogen-bond acceptors (Lipinski definition) is 2. The van der Waals surface area contributed by atoms with Gasteiger partial charge in [0.15, 0.2) is 0 Å². The summed E-state index contributed by atoms with van der Waals surface area (Å²) in [6.45, 7) is 4.16. The van der Waals surface area contributed by atoms with E-state index in [0.717, 1.165) is 34.0 Å². The van der Waals surface area contributed by atoms with Crippen LogP contribution in [0.1, 0.15) is 29.9 Å². The van der Waals surface area contributed by atoms with Gasteiger partial charge in [0.1, 0.15) is 0 Å². The molecule has 3 rings (SSSR count). The molecule has 0 aliphatic heterocycles. The zero-order chi connectivity index (χ0) is 16.2. The maximum atomic E-state index is 4.86. The van der Waals surface area contributed by atoms with Crippen molar-refractivity contribution in [2.24, 2.45) is 0 Å². The number of para-hydroxylation sites is 1. The van der Waals surface area contributed by atoms with Crippen LogP contribution in [0.3, 0.4) is 0 Å². The second-order valence-corrected chi connectivity index (χ2v) is 5.61. The van der Waals surface area contributed by atoms with Crippen LogP contribution in [0.15, 0.2) is 60.7 Å². The summed E-state index contributed by atoms with van der Waals surface area (Å²) in [5.41, 5.74) is 6.05. The van der Waals surface area contributed by atoms with Gasteiger partial charge in [-0.1, -0.05) is 43.3 Å². The van der Waals surface area contributed by atoms with Crippen molar-refractivity contribution in [2.45, 2.75) is 19.8 Å². The summed E-state index contributed by atoms with van der Waals surface area (Å²) in [5.74, 6) is 0.153. The van der Waals surface area contributed by atoms with E-state index < -0.39 is 0 Å². The number of aromatic nitrogens is 2. The molecule has 0 saturated carbocycles. The van der Waals surface area contributed by atoms with Crippen LogP contribution in [0.2, 0.25) is 0 Å². The van der Waals surface area contributed by atoms with E-state index in [2.05, 4.69) is 41.5 Å². The van der Waals surface area contributed by atoms with Gasteiger partial charge in [-0.05, 0) is 36.8 Å². The van der Waals surface area contributed by atoms with Crippen molar-refractivity contribution in [3.63, 3.8) is 0 Å². The molecule has 1 unspecified atom stereocenters. The Kier molecular flexibility index (Phi) is 6.13. The van der Waals surface area contributed by atoms with E-state index in [9.17, 15) is 0 Å². The van der Waals surface area contributed by atoms with Gasteiger partial charge in [-0.15, -0.1) is 12.7 Å². The van der Waals surface area contributed by atoms with E-state index in [1.807, 2.05) is 50.4 Å². The molecule has 1 atom stereocenters. The second-order valence-electron chi connectivity index (χ2n) is 5.61. The molecule has 0 amide bonds. The second kappa shape index (κ2) is 8.09. The molecule has 2 heterocycles. The summed E-state index contributed by atoms with van der Waals surface area (Å²) in [6.07, 6.45) is 0. The number of pyridine rings is 2. The van der Waals surface area contributed by atoms with Gasteiger partial charge in [0.25, 0.3) is 0 Å². The largest absolute Gasteiger partial charge is 1.00 e. The average molecular weight is 366 g/mol. The van der Waals surface area contributed by atoms with Crippen molar-refractivity contribution in [2.75, 3.05) is 7.05 Å². The third-order valence-electron chi connectivity index (χ3n) is 3.99. The van der Waals surface area contributed by atoms with Gasteiger partial charge < -0.3 is 5.32 Å². The molecule has 0 fully saturated rings. The molecule has 3 aromatic rings. The first-order valence-electron chi connectivity index (χ1n) is 7.79. The summed E-state index contributed by atoms with van der Waals surface area (Å²) in [6, 6.07) is 20.3. The predicted molar refractivity (Wildman–Crippen MR) is 95.1 cm³/mol. The van der Waals surface area contributed by atoms with E-state index in [4.69, 9.17) is 4.98 Å². The zero-order valence-electron chi connectivity index (χ0n) is 14.0. The fourth-order valence-corrected chi connectivity index (χ4v) is 2.68. The third kappa shape index (κ3) is 3.84. The molecule has 0 saturated heterocycles. The minimum Gasteiger partial charge on any atom is -0.686 e. The van der Waals surface area contributed by atoms with Crippen LogP contribution in [0.5, 0.6) is 0 Å². The Labute approximate surface area is 154 Å². The van der Waals surface area contributed by atoms with Crippen molar-refractivity contribution in [3.8, 4) is 11.3 Å². The normalized spacial score (nSPS) is 11.5. The van der Waals surface area contributed by atoms with E-state index in [1.54, 1.807) is 0 Å². The molecule has 1 aromatic carbocycles. The van der Waals surface area contributed by atoms with E-state index in [0.29, 0.717) is 0 Å². The molecule has 0 aliphatic carbocycles. The standard InChI is InChI=1S/C20H20N3.Cu/c1-14-8-6-11-17(22-14)15(2)18-12-7-13-20(23-18)16-9-4-5-10-19(16)21-3;/h4-13,15H,1-3H3;/q-1;+1. The Balaban J connectivity index is 0.00000208. The van der Waals surface area contributed by atoms with Crippen molar-refractivity contribution >= 4 is 5.69 Å². The number of nitrogens with zero attached hydrogens (tertiary/aromatic N) is 3. The molecule has 0 N–H and O–H groups in total. The number of rotatable bonds is 4. The molecule has 0 spiro atoms. The molecule has 4 heteroatoms. The molecule has 0 bridgehead atoms. The van der Waals surface area contributed by atoms with Crippen molar-refractivity contribution in [1.82, 2.24) is 9.97 Å². The fourth-order valence-electron chi connectivity index (χ4n) is 2.68. The zero-order valence-corrected chi connectivity index (χ0v) is 14.9. The monoisotopic (exact) mass is 365 g/mol. The quantitative estimate of drug-likeness (QED) is 0.593. The molecule has 0 radical (unpaired) electrons. The summed E-state index contributed by atoms with van der Waals surface area (Å²) in [5, 5.41) is 4.34. The molecular weight excluding hydrogens is 346 g/mol. The van der Waals surface area contributed by atoms with E-state index in [-0.39, 0.29) is 23.0 Å². The molecule has 2 aromatic heterocycles. The molecule has 24 heavy (non-hydrogen) atoms. The van der Waals surface area contributed by atoms with Gasteiger partial charge in [-0.25, -0.2) is 0 Å². The van der Waals surface area contributed by atoms with E-state index >= 15 is 0 Å². The maximum Gasteiger partial charge on any atom is 1.00 e. The number of benzene rings is 1. The van der Waals surface area contributed by atoms with Gasteiger partial charge in [-0.3, -0.25) is 9.97 Å². The Morgan fingerprint density at radius 3 is 2.21 bits per heavy atom. The Hall–Kier alpha value is -2.16. The van der Waals surface area contributed by atoms with Crippen LogP contribution < -0.4 is 0 Å². The van der Waals surface area contributed by atoms with Crippen LogP contribution in [0, 0.1) is 6.92 Å². The van der Waals surface area contributed by atoms with Gasteiger partial charge >= 0.3 is 17.1 Å². The minimum absolute atomic E-state index is 0. The SMILES string of the molecule is C[N-]c1ccccc1-c1cccc(C(C)c2cccc(C)n2)n1.[Cu+]. The van der Waals surface area contributed by atoms with Crippen LogP contribution in [0.25, 0.3) is 16.6 Å². The first kappa shape index (κ1) is 18.2.